The molecule has 0 amide bonds. The fourth-order valence-electron chi connectivity index (χ4n) is 1.07. The van der Waals surface area contributed by atoms with E-state index in [1.165, 1.54) is 24.4 Å². The summed E-state index contributed by atoms with van der Waals surface area (Å²) < 4.78 is 60.4. The van der Waals surface area contributed by atoms with E-state index in [4.69, 9.17) is 0 Å². The molecule has 0 aliphatic carbocycles. The first kappa shape index (κ1) is 13.5. The molecule has 0 saturated carbocycles. The second kappa shape index (κ2) is 4.77. The summed E-state index contributed by atoms with van der Waals surface area (Å²) in [6, 6.07) is 4.21. The predicted molar refractivity (Wildman–Crippen MR) is 48.8 cm³/mol. The zero-order valence-electron chi connectivity index (χ0n) is 8.47. The van der Waals surface area contributed by atoms with Crippen molar-refractivity contribution in [2.45, 2.75) is 24.9 Å². The van der Waals surface area contributed by atoms with Gasteiger partial charge in [0.1, 0.15) is 5.69 Å². The average Bonchev–Trinajstić information content (AvgIpc) is 2.25. The number of nitrogens with zero attached hydrogens (tertiary/aromatic N) is 1. The molecule has 0 bridgehead atoms. The lowest BCUT2D eigenvalue weighted by molar-refractivity contribution is -0.283. The molecule has 0 N–H and O–H groups in total. The zero-order chi connectivity index (χ0) is 13.1. The van der Waals surface area contributed by atoms with Crippen LogP contribution in [0.15, 0.2) is 24.4 Å². The van der Waals surface area contributed by atoms with Crippen LogP contribution in [0.2, 0.25) is 0 Å². The lowest BCUT2D eigenvalue weighted by atomic mass is 10.1. The molecule has 0 spiro atoms. The van der Waals surface area contributed by atoms with Crippen molar-refractivity contribution in [3.05, 3.63) is 30.1 Å². The Labute approximate surface area is 93.5 Å². The number of alkyl halides is 5. The first-order valence-corrected chi connectivity index (χ1v) is 4.63. The number of halogens is 5. The summed E-state index contributed by atoms with van der Waals surface area (Å²) in [4.78, 5) is 14.8. The molecule has 0 saturated heterocycles. The van der Waals surface area contributed by atoms with Crippen molar-refractivity contribution in [1.29, 1.82) is 0 Å². The van der Waals surface area contributed by atoms with Crippen molar-refractivity contribution in [2.75, 3.05) is 0 Å². The maximum Gasteiger partial charge on any atom is 0.453 e. The van der Waals surface area contributed by atoms with Gasteiger partial charge in [-0.25, -0.2) is 0 Å². The third-order valence-electron chi connectivity index (χ3n) is 2.03. The van der Waals surface area contributed by atoms with E-state index in [1.807, 2.05) is 0 Å². The van der Waals surface area contributed by atoms with Crippen molar-refractivity contribution < 1.29 is 26.7 Å². The largest absolute Gasteiger partial charge is 0.453 e. The van der Waals surface area contributed by atoms with Crippen LogP contribution in [0.4, 0.5) is 22.0 Å². The van der Waals surface area contributed by atoms with E-state index in [1.54, 1.807) is 0 Å². The monoisotopic (exact) mass is 253 g/mol. The Kier molecular flexibility index (Phi) is 3.79. The van der Waals surface area contributed by atoms with Gasteiger partial charge in [0.25, 0.3) is 0 Å². The van der Waals surface area contributed by atoms with Gasteiger partial charge in [-0.1, -0.05) is 6.07 Å². The molecule has 7 heteroatoms. The molecule has 0 unspecified atom stereocenters. The molecule has 0 radical (unpaired) electrons. The summed E-state index contributed by atoms with van der Waals surface area (Å²) in [6.45, 7) is 0. The van der Waals surface area contributed by atoms with E-state index in [-0.39, 0.29) is 5.69 Å². The molecule has 1 rings (SSSR count). The predicted octanol–water partition coefficient (Wildman–Crippen LogP) is 3.24. The van der Waals surface area contributed by atoms with Gasteiger partial charge >= 0.3 is 12.1 Å². The van der Waals surface area contributed by atoms with Crippen LogP contribution in [0.5, 0.6) is 0 Å². The van der Waals surface area contributed by atoms with Gasteiger partial charge in [-0.15, -0.1) is 0 Å². The van der Waals surface area contributed by atoms with E-state index in [0.717, 1.165) is 0 Å². The third-order valence-corrected chi connectivity index (χ3v) is 2.03. The number of hydrogen-bond acceptors (Lipinski definition) is 2. The fourth-order valence-corrected chi connectivity index (χ4v) is 1.07. The number of hydrogen-bond donors (Lipinski definition) is 0. The Hall–Kier alpha value is -1.53. The Morgan fingerprint density at radius 2 is 1.82 bits per heavy atom. The highest BCUT2D eigenvalue weighted by atomic mass is 19.4. The lowest BCUT2D eigenvalue weighted by Gasteiger charge is -2.18. The maximum absolute atomic E-state index is 12.5. The molecule has 0 atom stereocenters. The zero-order valence-corrected chi connectivity index (χ0v) is 8.47. The van der Waals surface area contributed by atoms with Crippen molar-refractivity contribution in [2.24, 2.45) is 0 Å². The molecular formula is C10H8F5NO. The molecule has 0 fully saturated rings. The number of Topliss-reactive ketones (excluding diaryl/α,β-unsaturated/α-hetero) is 1. The van der Waals surface area contributed by atoms with Crippen LogP contribution in [0, 0.1) is 0 Å². The Balaban J connectivity index is 2.61. The highest BCUT2D eigenvalue weighted by molar-refractivity contribution is 5.94. The molecule has 0 aliphatic heterocycles. The molecule has 0 aliphatic rings. The number of pyridine rings is 1. The molecule has 2 nitrogen and oxygen atoms in total. The number of aromatic nitrogens is 1. The van der Waals surface area contributed by atoms with Gasteiger partial charge < -0.3 is 0 Å². The lowest BCUT2D eigenvalue weighted by Crippen LogP contribution is -2.36. The van der Waals surface area contributed by atoms with Gasteiger partial charge in [0.2, 0.25) is 0 Å². The van der Waals surface area contributed by atoms with Crippen molar-refractivity contribution in [3.63, 3.8) is 0 Å². The van der Waals surface area contributed by atoms with E-state index in [0.29, 0.717) is 0 Å². The van der Waals surface area contributed by atoms with Crippen LogP contribution in [-0.2, 0) is 0 Å². The summed E-state index contributed by atoms with van der Waals surface area (Å²) >= 11 is 0. The summed E-state index contributed by atoms with van der Waals surface area (Å²) in [7, 11) is 0. The Morgan fingerprint density at radius 1 is 1.18 bits per heavy atom. The van der Waals surface area contributed by atoms with Gasteiger partial charge in [-0.05, 0) is 12.1 Å². The number of ketones is 1. The molecule has 94 valence electrons. The summed E-state index contributed by atoms with van der Waals surface area (Å²) in [6.07, 6.45) is -6.83. The highest BCUT2D eigenvalue weighted by Gasteiger charge is 2.56. The van der Waals surface area contributed by atoms with Gasteiger partial charge in [-0.2, -0.15) is 22.0 Å². The van der Waals surface area contributed by atoms with Crippen LogP contribution in [0.25, 0.3) is 0 Å². The molecular weight excluding hydrogens is 245 g/mol. The third kappa shape index (κ3) is 3.47. The van der Waals surface area contributed by atoms with Crippen LogP contribution in [0.3, 0.4) is 0 Å². The second-order valence-corrected chi connectivity index (χ2v) is 3.34. The summed E-state index contributed by atoms with van der Waals surface area (Å²) in [5.74, 6) is -5.69. The van der Waals surface area contributed by atoms with Crippen LogP contribution in [-0.4, -0.2) is 22.9 Å². The SMILES string of the molecule is O=C(CCC(F)(F)C(F)(F)F)c1ccccn1. The highest BCUT2D eigenvalue weighted by Crippen LogP contribution is 2.38. The topological polar surface area (TPSA) is 30.0 Å². The quantitative estimate of drug-likeness (QED) is 0.609. The minimum Gasteiger partial charge on any atom is -0.292 e. The number of rotatable bonds is 4. The van der Waals surface area contributed by atoms with Gasteiger partial charge in [0, 0.05) is 19.0 Å². The Bertz CT molecular complexity index is 387. The minimum absolute atomic E-state index is 0.120. The molecule has 1 heterocycles. The number of carbonyl (C=O) groups excluding carboxylic acids is 1. The normalized spacial score (nSPS) is 12.5. The first-order chi connectivity index (χ1) is 7.74. The van der Waals surface area contributed by atoms with E-state index < -0.39 is 30.7 Å². The maximum atomic E-state index is 12.5. The average molecular weight is 253 g/mol. The van der Waals surface area contributed by atoms with Crippen LogP contribution in [0.1, 0.15) is 23.3 Å². The van der Waals surface area contributed by atoms with Gasteiger partial charge in [0.05, 0.1) is 0 Å². The Morgan fingerprint density at radius 3 is 2.29 bits per heavy atom. The van der Waals surface area contributed by atoms with E-state index in [9.17, 15) is 26.7 Å². The van der Waals surface area contributed by atoms with E-state index >= 15 is 0 Å². The minimum atomic E-state index is -5.63. The first-order valence-electron chi connectivity index (χ1n) is 4.63. The van der Waals surface area contributed by atoms with Crippen LogP contribution < -0.4 is 0 Å². The summed E-state index contributed by atoms with van der Waals surface area (Å²) in [5, 5.41) is 0. The van der Waals surface area contributed by atoms with Crippen molar-refractivity contribution in [3.8, 4) is 0 Å². The fraction of sp³-hybridized carbons (Fsp3) is 0.400. The van der Waals surface area contributed by atoms with Gasteiger partial charge in [-0.3, -0.25) is 9.78 Å². The molecule has 1 aromatic rings. The van der Waals surface area contributed by atoms with Crippen LogP contribution >= 0.6 is 0 Å². The van der Waals surface area contributed by atoms with E-state index in [2.05, 4.69) is 4.98 Å². The smallest absolute Gasteiger partial charge is 0.292 e. The van der Waals surface area contributed by atoms with Crippen molar-refractivity contribution in [1.82, 2.24) is 4.98 Å². The number of carbonyl (C=O) groups is 1. The molecule has 17 heavy (non-hydrogen) atoms. The van der Waals surface area contributed by atoms with Crippen molar-refractivity contribution >= 4 is 5.78 Å². The molecule has 0 aromatic carbocycles. The summed E-state index contributed by atoms with van der Waals surface area (Å²) in [5.41, 5.74) is -0.120. The standard InChI is InChI=1S/C10H8F5NO/c11-9(12,10(13,14)15)5-4-8(17)7-3-1-2-6-16-7/h1-3,6H,4-5H2. The van der Waals surface area contributed by atoms with Gasteiger partial charge in [0.15, 0.2) is 5.78 Å². The second-order valence-electron chi connectivity index (χ2n) is 3.34. The molecule has 1 aromatic heterocycles.